The zero-order chi connectivity index (χ0) is 19.4. The summed E-state index contributed by atoms with van der Waals surface area (Å²) in [6, 6.07) is 0. The van der Waals surface area contributed by atoms with Gasteiger partial charge >= 0.3 is 5.97 Å². The van der Waals surface area contributed by atoms with Crippen molar-refractivity contribution in [1.82, 2.24) is 0 Å². The maximum atomic E-state index is 10.4. The molecular formula is C20H34O6. The van der Waals surface area contributed by atoms with Crippen LogP contribution in [0.5, 0.6) is 0 Å². The molecule has 0 unspecified atom stereocenters. The number of carboxylic acids is 1. The first-order valence-corrected chi connectivity index (χ1v) is 9.68. The molecule has 0 aromatic carbocycles. The molecule has 4 N–H and O–H groups in total. The van der Waals surface area contributed by atoms with Crippen molar-refractivity contribution in [3.05, 3.63) is 24.3 Å². The normalized spacial score (nSPS) is 25.9. The summed E-state index contributed by atoms with van der Waals surface area (Å²) in [6.45, 7) is 2.17. The van der Waals surface area contributed by atoms with Gasteiger partial charge in [-0.05, 0) is 32.1 Å². The highest BCUT2D eigenvalue weighted by Crippen LogP contribution is 2.26. The van der Waals surface area contributed by atoms with Crippen LogP contribution >= 0.6 is 0 Å². The Kier molecular flexibility index (Phi) is 11.4. The van der Waals surface area contributed by atoms with Crippen LogP contribution in [0.1, 0.15) is 64.7 Å². The first-order chi connectivity index (χ1) is 12.4. The van der Waals surface area contributed by atoms with Gasteiger partial charge in [0.2, 0.25) is 0 Å². The van der Waals surface area contributed by atoms with E-state index in [0.717, 1.165) is 6.42 Å². The molecule has 0 spiro atoms. The van der Waals surface area contributed by atoms with Crippen molar-refractivity contribution in [3.8, 4) is 0 Å². The maximum Gasteiger partial charge on any atom is 0.303 e. The van der Waals surface area contributed by atoms with Crippen molar-refractivity contribution < 1.29 is 30.0 Å². The van der Waals surface area contributed by atoms with Crippen molar-refractivity contribution in [3.63, 3.8) is 0 Å². The molecule has 6 nitrogen and oxygen atoms in total. The molecule has 1 rings (SSSR count). The third kappa shape index (κ3) is 9.48. The molecule has 0 aromatic heterocycles. The van der Waals surface area contributed by atoms with Crippen molar-refractivity contribution in [2.45, 2.75) is 95.2 Å². The van der Waals surface area contributed by atoms with Gasteiger partial charge in [0, 0.05) is 12.8 Å². The lowest BCUT2D eigenvalue weighted by Crippen LogP contribution is -2.24. The molecule has 1 fully saturated rings. The number of rotatable bonds is 13. The first kappa shape index (κ1) is 22.8. The minimum Gasteiger partial charge on any atom is -0.481 e. The Morgan fingerprint density at radius 1 is 1.19 bits per heavy atom. The van der Waals surface area contributed by atoms with E-state index in [0.29, 0.717) is 25.7 Å². The van der Waals surface area contributed by atoms with Gasteiger partial charge in [-0.15, -0.1) is 0 Å². The maximum absolute atomic E-state index is 10.4. The van der Waals surface area contributed by atoms with Gasteiger partial charge in [0.15, 0.2) is 0 Å². The third-order valence-electron chi connectivity index (χ3n) is 4.56. The predicted octanol–water partition coefficient (Wildman–Crippen LogP) is 2.56. The zero-order valence-electron chi connectivity index (χ0n) is 15.7. The van der Waals surface area contributed by atoms with E-state index in [1.54, 1.807) is 0 Å². The second-order valence-corrected chi connectivity index (χ2v) is 6.95. The van der Waals surface area contributed by atoms with Crippen LogP contribution in [0.4, 0.5) is 0 Å². The molecule has 1 aliphatic rings. The van der Waals surface area contributed by atoms with E-state index in [1.165, 1.54) is 31.4 Å². The molecule has 0 aromatic rings. The van der Waals surface area contributed by atoms with Crippen molar-refractivity contribution >= 4 is 5.97 Å². The van der Waals surface area contributed by atoms with E-state index in [-0.39, 0.29) is 12.5 Å². The van der Waals surface area contributed by atoms with Crippen LogP contribution in [-0.4, -0.2) is 56.9 Å². The highest BCUT2D eigenvalue weighted by Gasteiger charge is 2.36. The topological polar surface area (TPSA) is 107 Å². The SMILES string of the molecule is CCCCC/C=C\C[C@H]1O[C@@H]([C@H](O)/C=C/[C@@H](O)CCCC(=O)O)C[C@H]1O. The molecule has 0 amide bonds. The summed E-state index contributed by atoms with van der Waals surface area (Å²) in [6.07, 6.45) is 10.3. The van der Waals surface area contributed by atoms with Crippen LogP contribution in [0.3, 0.4) is 0 Å². The van der Waals surface area contributed by atoms with Gasteiger partial charge in [-0.1, -0.05) is 44.1 Å². The summed E-state index contributed by atoms with van der Waals surface area (Å²) in [4.78, 5) is 10.4. The number of aliphatic hydroxyl groups is 3. The number of aliphatic hydroxyl groups excluding tert-OH is 3. The molecule has 1 aliphatic heterocycles. The average Bonchev–Trinajstić information content (AvgIpc) is 2.96. The number of unbranched alkanes of at least 4 members (excludes halogenated alkanes) is 3. The molecule has 150 valence electrons. The van der Waals surface area contributed by atoms with Gasteiger partial charge in [-0.3, -0.25) is 4.79 Å². The lowest BCUT2D eigenvalue weighted by atomic mass is 10.0. The van der Waals surface area contributed by atoms with Crippen LogP contribution in [0, 0.1) is 0 Å². The molecule has 0 aliphatic carbocycles. The van der Waals surface area contributed by atoms with Crippen molar-refractivity contribution in [1.29, 1.82) is 0 Å². The van der Waals surface area contributed by atoms with Crippen LogP contribution in [-0.2, 0) is 9.53 Å². The monoisotopic (exact) mass is 370 g/mol. The summed E-state index contributed by atoms with van der Waals surface area (Å²) >= 11 is 0. The van der Waals surface area contributed by atoms with E-state index < -0.39 is 30.4 Å². The Morgan fingerprint density at radius 2 is 1.96 bits per heavy atom. The van der Waals surface area contributed by atoms with Crippen LogP contribution in [0.2, 0.25) is 0 Å². The van der Waals surface area contributed by atoms with Gasteiger partial charge in [0.1, 0.15) is 0 Å². The van der Waals surface area contributed by atoms with Crippen molar-refractivity contribution in [2.75, 3.05) is 0 Å². The third-order valence-corrected chi connectivity index (χ3v) is 4.56. The number of aliphatic carboxylic acids is 1. The van der Waals surface area contributed by atoms with Gasteiger partial charge < -0.3 is 25.2 Å². The minimum atomic E-state index is -0.905. The molecule has 0 saturated carbocycles. The summed E-state index contributed by atoms with van der Waals surface area (Å²) in [5.41, 5.74) is 0. The van der Waals surface area contributed by atoms with E-state index in [4.69, 9.17) is 9.84 Å². The Labute approximate surface area is 156 Å². The molecule has 1 saturated heterocycles. The number of carbonyl (C=O) groups is 1. The summed E-state index contributed by atoms with van der Waals surface area (Å²) in [5, 5.41) is 38.6. The Bertz CT molecular complexity index is 448. The zero-order valence-corrected chi connectivity index (χ0v) is 15.7. The summed E-state index contributed by atoms with van der Waals surface area (Å²) < 4.78 is 5.75. The number of allylic oxidation sites excluding steroid dienone is 1. The van der Waals surface area contributed by atoms with Gasteiger partial charge in [-0.2, -0.15) is 0 Å². The molecule has 5 atom stereocenters. The van der Waals surface area contributed by atoms with E-state index in [1.807, 2.05) is 6.08 Å². The fourth-order valence-corrected chi connectivity index (χ4v) is 2.98. The molecule has 26 heavy (non-hydrogen) atoms. The van der Waals surface area contributed by atoms with Crippen LogP contribution in [0.25, 0.3) is 0 Å². The second kappa shape index (κ2) is 13.0. The predicted molar refractivity (Wildman–Crippen MR) is 99.8 cm³/mol. The largest absolute Gasteiger partial charge is 0.481 e. The van der Waals surface area contributed by atoms with E-state index in [2.05, 4.69) is 13.0 Å². The van der Waals surface area contributed by atoms with Gasteiger partial charge in [0.25, 0.3) is 0 Å². The summed E-state index contributed by atoms with van der Waals surface area (Å²) in [7, 11) is 0. The Morgan fingerprint density at radius 3 is 2.65 bits per heavy atom. The van der Waals surface area contributed by atoms with Gasteiger partial charge in [0.05, 0.1) is 30.5 Å². The number of hydrogen-bond donors (Lipinski definition) is 4. The Balaban J connectivity index is 2.31. The standard InChI is InChI=1S/C20H34O6/c1-2-3-4-5-6-7-10-18-17(23)14-19(26-18)16(22)13-12-15(21)9-8-11-20(24)25/h6-7,12-13,15-19,21-23H,2-5,8-11,14H2,1H3,(H,24,25)/b7-6-,13-12+/t15-,16+,17+,18+,19+/m0/s1. The van der Waals surface area contributed by atoms with E-state index >= 15 is 0 Å². The second-order valence-electron chi connectivity index (χ2n) is 6.95. The molecule has 0 radical (unpaired) electrons. The minimum absolute atomic E-state index is 0.0129. The Hall–Kier alpha value is -1.21. The lowest BCUT2D eigenvalue weighted by molar-refractivity contribution is -0.137. The highest BCUT2D eigenvalue weighted by molar-refractivity contribution is 5.66. The first-order valence-electron chi connectivity index (χ1n) is 9.68. The molecule has 6 heteroatoms. The van der Waals surface area contributed by atoms with Gasteiger partial charge in [-0.25, -0.2) is 0 Å². The number of hydrogen-bond acceptors (Lipinski definition) is 5. The average molecular weight is 370 g/mol. The fourth-order valence-electron chi connectivity index (χ4n) is 2.98. The lowest BCUT2D eigenvalue weighted by Gasteiger charge is -2.16. The quantitative estimate of drug-likeness (QED) is 0.293. The van der Waals surface area contributed by atoms with Crippen LogP contribution in [0.15, 0.2) is 24.3 Å². The summed E-state index contributed by atoms with van der Waals surface area (Å²) in [5.74, 6) is -0.889. The van der Waals surface area contributed by atoms with Crippen LogP contribution < -0.4 is 0 Å². The highest BCUT2D eigenvalue weighted by atomic mass is 16.5. The molecule has 1 heterocycles. The molecule has 0 bridgehead atoms. The number of carboxylic acid groups (broad SMARTS) is 1. The fraction of sp³-hybridized carbons (Fsp3) is 0.750. The van der Waals surface area contributed by atoms with Crippen molar-refractivity contribution in [2.24, 2.45) is 0 Å². The van der Waals surface area contributed by atoms with E-state index in [9.17, 15) is 20.1 Å². The smallest absolute Gasteiger partial charge is 0.303 e. The molecular weight excluding hydrogens is 336 g/mol. The number of ether oxygens (including phenoxy) is 1.